The monoisotopic (exact) mass is 466 g/mol. The fraction of sp³-hybridized carbons (Fsp3) is 0.593. The van der Waals surface area contributed by atoms with Gasteiger partial charge < -0.3 is 14.5 Å². The molecule has 34 heavy (non-hydrogen) atoms. The molecule has 0 radical (unpaired) electrons. The summed E-state index contributed by atoms with van der Waals surface area (Å²) in [6.07, 6.45) is 10.8. The molecule has 1 aromatic carbocycles. The lowest BCUT2D eigenvalue weighted by molar-refractivity contribution is -0.133. The van der Waals surface area contributed by atoms with E-state index in [1.807, 2.05) is 23.4 Å². The number of likely N-dealkylation sites (tertiary alicyclic amines) is 1. The van der Waals surface area contributed by atoms with Gasteiger partial charge in [0.15, 0.2) is 11.6 Å². The summed E-state index contributed by atoms with van der Waals surface area (Å²) in [7, 11) is 0. The first-order chi connectivity index (χ1) is 16.6. The highest BCUT2D eigenvalue weighted by Gasteiger charge is 2.43. The number of hydrogen-bond acceptors (Lipinski definition) is 5. The van der Waals surface area contributed by atoms with E-state index in [4.69, 9.17) is 4.74 Å². The van der Waals surface area contributed by atoms with Crippen LogP contribution in [0, 0.1) is 23.6 Å². The molecule has 2 atom stereocenters. The van der Waals surface area contributed by atoms with Crippen molar-refractivity contribution in [3.8, 4) is 5.75 Å². The van der Waals surface area contributed by atoms with Gasteiger partial charge in [-0.15, -0.1) is 0 Å². The van der Waals surface area contributed by atoms with Crippen molar-refractivity contribution in [2.45, 2.75) is 51.9 Å². The molecule has 1 aromatic heterocycles. The highest BCUT2D eigenvalue weighted by Crippen LogP contribution is 2.49. The molecule has 1 saturated carbocycles. The molecule has 2 saturated heterocycles. The molecular weight excluding hydrogens is 431 g/mol. The van der Waals surface area contributed by atoms with Gasteiger partial charge in [-0.25, -0.2) is 14.4 Å². The van der Waals surface area contributed by atoms with Gasteiger partial charge in [-0.2, -0.15) is 0 Å². The zero-order valence-electron chi connectivity index (χ0n) is 20.1. The molecule has 0 spiro atoms. The van der Waals surface area contributed by atoms with Crippen molar-refractivity contribution >= 4 is 11.9 Å². The predicted molar refractivity (Wildman–Crippen MR) is 129 cm³/mol. The second kappa shape index (κ2) is 10.3. The van der Waals surface area contributed by atoms with Crippen LogP contribution < -0.4 is 9.64 Å². The molecule has 2 aliphatic heterocycles. The molecular formula is C27H35FN4O2. The van der Waals surface area contributed by atoms with Crippen LogP contribution in [0.3, 0.4) is 0 Å². The van der Waals surface area contributed by atoms with Gasteiger partial charge in [0.05, 0.1) is 13.0 Å². The number of aromatic nitrogens is 2. The molecule has 0 bridgehead atoms. The zero-order valence-corrected chi connectivity index (χ0v) is 20.1. The number of nitrogens with zero attached hydrogens (tertiary/aromatic N) is 4. The smallest absolute Gasteiger partial charge is 0.226 e. The molecule has 3 aliphatic rings. The Morgan fingerprint density at radius 3 is 2.53 bits per heavy atom. The van der Waals surface area contributed by atoms with E-state index in [-0.39, 0.29) is 18.1 Å². The number of hydrogen-bond donors (Lipinski definition) is 0. The number of carbonyl (C=O) groups excluding carboxylic acids is 1. The average molecular weight is 467 g/mol. The summed E-state index contributed by atoms with van der Waals surface area (Å²) in [5, 5.41) is 0. The third-order valence-corrected chi connectivity index (χ3v) is 7.81. The molecule has 0 N–H and O–H groups in total. The summed E-state index contributed by atoms with van der Waals surface area (Å²) < 4.78 is 20.2. The first-order valence-corrected chi connectivity index (χ1v) is 12.9. The van der Waals surface area contributed by atoms with Crippen LogP contribution in [0.1, 0.15) is 50.2 Å². The third-order valence-electron chi connectivity index (χ3n) is 7.81. The average Bonchev–Trinajstić information content (AvgIpc) is 3.59. The number of piperidine rings is 1. The van der Waals surface area contributed by atoms with Crippen LogP contribution in [0.4, 0.5) is 10.3 Å². The van der Waals surface area contributed by atoms with Crippen molar-refractivity contribution < 1.29 is 13.9 Å². The molecule has 3 heterocycles. The van der Waals surface area contributed by atoms with E-state index in [0.717, 1.165) is 63.2 Å². The van der Waals surface area contributed by atoms with Crippen LogP contribution >= 0.6 is 0 Å². The first kappa shape index (κ1) is 23.1. The van der Waals surface area contributed by atoms with E-state index < -0.39 is 0 Å². The van der Waals surface area contributed by atoms with Crippen LogP contribution in [0.2, 0.25) is 0 Å². The fourth-order valence-corrected chi connectivity index (χ4v) is 5.35. The van der Waals surface area contributed by atoms with Crippen molar-refractivity contribution in [3.05, 3.63) is 47.5 Å². The molecule has 0 unspecified atom stereocenters. The van der Waals surface area contributed by atoms with E-state index >= 15 is 0 Å². The van der Waals surface area contributed by atoms with Gasteiger partial charge in [0.2, 0.25) is 11.9 Å². The Bertz CT molecular complexity index is 987. The summed E-state index contributed by atoms with van der Waals surface area (Å²) in [4.78, 5) is 25.3. The zero-order chi connectivity index (χ0) is 23.5. The predicted octanol–water partition coefficient (Wildman–Crippen LogP) is 4.27. The van der Waals surface area contributed by atoms with Crippen molar-refractivity contribution in [2.75, 3.05) is 37.7 Å². The Hall–Kier alpha value is -2.70. The molecule has 182 valence electrons. The Morgan fingerprint density at radius 1 is 1.12 bits per heavy atom. The molecule has 5 rings (SSSR count). The largest absolute Gasteiger partial charge is 0.491 e. The minimum Gasteiger partial charge on any atom is -0.491 e. The van der Waals surface area contributed by atoms with Gasteiger partial charge in [-0.05, 0) is 79.5 Å². The minimum atomic E-state index is -0.372. The number of anilines is 1. The summed E-state index contributed by atoms with van der Waals surface area (Å²) in [5.74, 6) is 3.07. The molecule has 7 heteroatoms. The number of carbonyl (C=O) groups is 1. The van der Waals surface area contributed by atoms with Crippen LogP contribution in [0.15, 0.2) is 30.6 Å². The minimum absolute atomic E-state index is 0.0758. The summed E-state index contributed by atoms with van der Waals surface area (Å²) in [6.45, 7) is 6.35. The number of aryl methyl sites for hydroxylation is 1. The molecule has 1 aliphatic carbocycles. The fourth-order valence-electron chi connectivity index (χ4n) is 5.35. The molecule has 6 nitrogen and oxygen atoms in total. The van der Waals surface area contributed by atoms with E-state index in [1.54, 1.807) is 6.07 Å². The number of ether oxygens (including phenoxy) is 1. The maximum absolute atomic E-state index is 14.5. The van der Waals surface area contributed by atoms with Crippen LogP contribution in [-0.4, -0.2) is 53.6 Å². The first-order valence-electron chi connectivity index (χ1n) is 12.9. The van der Waals surface area contributed by atoms with Crippen LogP contribution in [0.25, 0.3) is 0 Å². The van der Waals surface area contributed by atoms with Gasteiger partial charge in [0.25, 0.3) is 0 Å². The Morgan fingerprint density at radius 2 is 1.88 bits per heavy atom. The topological polar surface area (TPSA) is 58.6 Å². The van der Waals surface area contributed by atoms with Crippen molar-refractivity contribution in [1.82, 2.24) is 14.9 Å². The Kier molecular flexibility index (Phi) is 6.97. The van der Waals surface area contributed by atoms with E-state index in [1.165, 1.54) is 30.9 Å². The number of halogens is 1. The van der Waals surface area contributed by atoms with Crippen molar-refractivity contribution in [3.63, 3.8) is 0 Å². The van der Waals surface area contributed by atoms with E-state index in [0.29, 0.717) is 23.8 Å². The van der Waals surface area contributed by atoms with Crippen LogP contribution in [-0.2, 0) is 17.6 Å². The van der Waals surface area contributed by atoms with Crippen molar-refractivity contribution in [2.24, 2.45) is 17.8 Å². The van der Waals surface area contributed by atoms with Gasteiger partial charge >= 0.3 is 0 Å². The quantitative estimate of drug-likeness (QED) is 0.552. The highest BCUT2D eigenvalue weighted by atomic mass is 19.1. The van der Waals surface area contributed by atoms with Gasteiger partial charge in [0.1, 0.15) is 0 Å². The number of amides is 1. The maximum Gasteiger partial charge on any atom is 0.226 e. The molecule has 2 aromatic rings. The van der Waals surface area contributed by atoms with Gasteiger partial charge in [-0.1, -0.05) is 13.0 Å². The molecule has 3 fully saturated rings. The van der Waals surface area contributed by atoms with E-state index in [2.05, 4.69) is 21.8 Å². The molecule has 1 amide bonds. The van der Waals surface area contributed by atoms with Crippen molar-refractivity contribution in [1.29, 1.82) is 0 Å². The van der Waals surface area contributed by atoms with Gasteiger partial charge in [0, 0.05) is 38.6 Å². The standard InChI is InChI=1S/C27H35FN4O2/c1-2-19-17-29-27(30-18-19)32-11-6-21(7-12-32)23-16-22(23)8-13-34-25-5-4-20(14-24(25)28)15-26(33)31-9-3-10-31/h4-5,14,17-18,21-23H,2-3,6-13,15-16H2,1H3/t22-,23+/m1/s1. The summed E-state index contributed by atoms with van der Waals surface area (Å²) >= 11 is 0. The third kappa shape index (κ3) is 5.34. The Balaban J connectivity index is 1.02. The lowest BCUT2D eigenvalue weighted by atomic mass is 9.90. The van der Waals surface area contributed by atoms with E-state index in [9.17, 15) is 9.18 Å². The maximum atomic E-state index is 14.5. The summed E-state index contributed by atoms with van der Waals surface area (Å²) in [5.41, 5.74) is 1.89. The van der Waals surface area contributed by atoms with Crippen LogP contribution in [0.5, 0.6) is 5.75 Å². The SMILES string of the molecule is CCc1cnc(N2CCC([C@@H]3C[C@H]3CCOc3ccc(CC(=O)N4CCC4)cc3F)CC2)nc1. The number of rotatable bonds is 9. The lowest BCUT2D eigenvalue weighted by Crippen LogP contribution is -2.42. The second-order valence-corrected chi connectivity index (χ2v) is 10.0. The number of benzene rings is 1. The summed E-state index contributed by atoms with van der Waals surface area (Å²) in [6, 6.07) is 4.92. The lowest BCUT2D eigenvalue weighted by Gasteiger charge is -2.32. The normalized spacial score (nSPS) is 22.4. The van der Waals surface area contributed by atoms with Gasteiger partial charge in [-0.3, -0.25) is 4.79 Å². The Labute approximate surface area is 201 Å². The highest BCUT2D eigenvalue weighted by molar-refractivity contribution is 5.79. The second-order valence-electron chi connectivity index (χ2n) is 10.0.